The van der Waals surface area contributed by atoms with Crippen LogP contribution in [-0.2, 0) is 38.1 Å². The molecule has 8 bridgehead atoms. The molecule has 12 aliphatic heterocycles. The van der Waals surface area contributed by atoms with Gasteiger partial charge in [0.2, 0.25) is 0 Å². The lowest BCUT2D eigenvalue weighted by atomic mass is 9.75. The van der Waals surface area contributed by atoms with E-state index in [1.165, 1.54) is 138 Å². The number of halogens is 1. The van der Waals surface area contributed by atoms with Crippen molar-refractivity contribution in [3.63, 3.8) is 0 Å². The minimum absolute atomic E-state index is 0. The summed E-state index contributed by atoms with van der Waals surface area (Å²) in [7, 11) is 0. The number of carbonyl (C=O) groups excluding carboxylic acids is 4. The van der Waals surface area contributed by atoms with Gasteiger partial charge >= 0.3 is 23.9 Å². The maximum absolute atomic E-state index is 12.0. The van der Waals surface area contributed by atoms with Gasteiger partial charge in [-0.2, -0.15) is 35.3 Å². The van der Waals surface area contributed by atoms with E-state index in [-0.39, 0.29) is 58.7 Å². The van der Waals surface area contributed by atoms with Crippen molar-refractivity contribution in [2.24, 2.45) is 0 Å². The monoisotopic (exact) mass is 1240 g/mol. The molecule has 5 aliphatic carbocycles. The van der Waals surface area contributed by atoms with E-state index in [1.54, 1.807) is 12.2 Å². The second-order valence-electron chi connectivity index (χ2n) is 28.3. The Morgan fingerprint density at radius 3 is 1.38 bits per heavy atom. The summed E-state index contributed by atoms with van der Waals surface area (Å²) in [6.45, 7) is 10.2. The van der Waals surface area contributed by atoms with Crippen LogP contribution < -0.4 is 5.32 Å². The molecule has 8 saturated heterocycles. The summed E-state index contributed by atoms with van der Waals surface area (Å²) >= 11 is 6.29. The number of esters is 4. The predicted octanol–water partition coefficient (Wildman–Crippen LogP) is 9.69. The second-order valence-corrected chi connectivity index (χ2v) is 32.2. The topological polar surface area (TPSA) is 148 Å². The molecule has 13 heterocycles. The lowest BCUT2D eigenvalue weighted by Gasteiger charge is -2.38. The van der Waals surface area contributed by atoms with Crippen molar-refractivity contribution in [2.75, 3.05) is 44.7 Å². The average Bonchev–Trinajstić information content (AvgIpc) is 1.75. The number of ether oxygens (including phenoxy) is 4. The molecule has 19 heteroatoms. The lowest BCUT2D eigenvalue weighted by molar-refractivity contribution is -0.149. The van der Waals surface area contributed by atoms with Crippen LogP contribution in [0.15, 0.2) is 65.3 Å². The Hall–Kier alpha value is -2.81. The van der Waals surface area contributed by atoms with Crippen molar-refractivity contribution in [3.8, 4) is 0 Å². The van der Waals surface area contributed by atoms with E-state index in [0.717, 1.165) is 81.9 Å². The Bertz CT molecular complexity index is 2870. The van der Waals surface area contributed by atoms with E-state index in [0.29, 0.717) is 76.2 Å². The first-order valence-electron chi connectivity index (χ1n) is 33.2. The lowest BCUT2D eigenvalue weighted by Crippen LogP contribution is -2.48. The number of carbonyl (C=O) groups is 4. The van der Waals surface area contributed by atoms with Gasteiger partial charge in [0, 0.05) is 126 Å². The van der Waals surface area contributed by atoms with Crippen LogP contribution in [0, 0.1) is 0 Å². The molecule has 1 aromatic heterocycles. The van der Waals surface area contributed by atoms with Gasteiger partial charge in [0.25, 0.3) is 0 Å². The molecule has 4 spiro atoms. The summed E-state index contributed by atoms with van der Waals surface area (Å²) in [6, 6.07) is 5.01. The number of piperidine rings is 4. The van der Waals surface area contributed by atoms with Gasteiger partial charge < -0.3 is 28.8 Å². The van der Waals surface area contributed by atoms with Crippen LogP contribution >= 0.6 is 47.7 Å². The van der Waals surface area contributed by atoms with E-state index in [4.69, 9.17) is 18.9 Å². The van der Waals surface area contributed by atoms with E-state index in [1.807, 2.05) is 42.6 Å². The van der Waals surface area contributed by atoms with Gasteiger partial charge in [0.05, 0.1) is 36.5 Å². The summed E-state index contributed by atoms with van der Waals surface area (Å²) in [4.78, 5) is 62.5. The van der Waals surface area contributed by atoms with E-state index < -0.39 is 0 Å². The summed E-state index contributed by atoms with van der Waals surface area (Å²) < 4.78 is 25.8. The number of hydrogen-bond donors (Lipinski definition) is 1. The number of nitrogens with one attached hydrogen (secondary N) is 1. The van der Waals surface area contributed by atoms with E-state index in [2.05, 4.69) is 78.1 Å². The first-order valence-corrected chi connectivity index (χ1v) is 36.5. The Kier molecular flexibility index (Phi) is 16.7. The molecule has 15 nitrogen and oxygen atoms in total. The highest BCUT2D eigenvalue weighted by Crippen LogP contribution is 2.61. The van der Waals surface area contributed by atoms with Gasteiger partial charge in [-0.1, -0.05) is 52.4 Å². The molecule has 17 aliphatic rings. The fourth-order valence-corrected chi connectivity index (χ4v) is 24.6. The van der Waals surface area contributed by atoms with Crippen molar-refractivity contribution in [3.05, 3.63) is 65.3 Å². The normalized spacial score (nSPS) is 42.2. The van der Waals surface area contributed by atoms with Crippen molar-refractivity contribution in [1.29, 1.82) is 0 Å². The Morgan fingerprint density at radius 1 is 0.529 bits per heavy atom. The standard InChI is InChI=1S/C18H28N2O2S.C18H25NO2S.C16H19N3O2.C14H19NO2S.ClH/c1-12(2)19-6-8-23-15-9-13-10-17(21)22-18(13)11-14(15)20-7-4-3-5-16(18)20;20-17-10-12-9-15(22-13-5-1-2-6-13)14-11-18(12,21-17)16-7-3-4-8-19(14)16;20-15-8-11-7-12(18-6-4-17-10-18)13-9-16(11,21-15)14-3-1-2-5-19(13)14;1-18-11-6-9-7-13(16)17-14(9)8-10(11)15-5-3-2-4-12(14)15;/h10,12,14-16,19H,3-9,11H2,1-2H3;10,13-16H,1-9,11H2;4,6,8,10,12-14H,1-3,5,7,9H2;7,10-12H,2-6,8H2,1H3;1H/t2*14-,15?,16+,18-;12?,13-,14+,16-;10-,11?,12+,14-;/m0000./s1. The summed E-state index contributed by atoms with van der Waals surface area (Å²) in [5.74, 6) is 0.735. The van der Waals surface area contributed by atoms with E-state index in [9.17, 15) is 19.2 Å². The van der Waals surface area contributed by atoms with Gasteiger partial charge in [-0.15, -0.1) is 12.4 Å². The minimum Gasteiger partial charge on any atom is -0.450 e. The first-order chi connectivity index (χ1) is 40.9. The SMILES string of the molecule is CC(C)NCCSC1CC2=CC(=O)O[C@@]23C[C@@H]1N1CCCC[C@@H]13.CSC1CC2=CC(=O)O[C@@]23C[C@@H]1N1CCCC[C@@H]13.Cl.O=C1C=C2CC(SC3CCCC3)[C@@H]3C[C@@]2(O1)[C@H]1CCCCN31.O=C1C=C2CC(n3ccnc3)[C@@H]3C[C@@]2(O1)[C@H]1CCCCN31. The zero-order chi connectivity index (χ0) is 57.1. The molecule has 85 heavy (non-hydrogen) atoms. The van der Waals surface area contributed by atoms with Gasteiger partial charge in [-0.25, -0.2) is 24.2 Å². The fourth-order valence-electron chi connectivity index (χ4n) is 20.5. The quantitative estimate of drug-likeness (QED) is 0.142. The molecule has 5 saturated carbocycles. The number of fused-ring (bicyclic) bond motifs is 12. The number of thioether (sulfide) groups is 3. The largest absolute Gasteiger partial charge is 0.450 e. The molecule has 464 valence electrons. The van der Waals surface area contributed by atoms with E-state index >= 15 is 0 Å². The molecule has 0 aromatic carbocycles. The van der Waals surface area contributed by atoms with Gasteiger partial charge in [0.1, 0.15) is 0 Å². The molecular formula is C66H92ClN7O8S3. The number of hydrogen-bond acceptors (Lipinski definition) is 17. The van der Waals surface area contributed by atoms with Crippen LogP contribution in [0.1, 0.15) is 174 Å². The molecule has 0 amide bonds. The smallest absolute Gasteiger partial charge is 0.331 e. The predicted molar refractivity (Wildman–Crippen MR) is 336 cm³/mol. The first kappa shape index (κ1) is 59.8. The Balaban J connectivity index is 0.000000100. The molecule has 13 fully saturated rings. The minimum atomic E-state index is -0.306. The molecule has 1 aromatic rings. The third-order valence-corrected chi connectivity index (χ3v) is 28.0. The summed E-state index contributed by atoms with van der Waals surface area (Å²) in [6.07, 6.45) is 44.0. The van der Waals surface area contributed by atoms with Gasteiger partial charge in [-0.05, 0) is 145 Å². The number of aromatic nitrogens is 2. The summed E-state index contributed by atoms with van der Waals surface area (Å²) in [5.41, 5.74) is 4.12. The molecular weight excluding hydrogens is 1150 g/mol. The highest BCUT2D eigenvalue weighted by molar-refractivity contribution is 8.00. The zero-order valence-electron chi connectivity index (χ0n) is 50.4. The Labute approximate surface area is 522 Å². The molecule has 1 N–H and O–H groups in total. The molecule has 4 unspecified atom stereocenters. The third-order valence-electron chi connectivity index (χ3n) is 23.8. The van der Waals surface area contributed by atoms with Crippen molar-refractivity contribution >= 4 is 71.6 Å². The van der Waals surface area contributed by atoms with Crippen LogP contribution in [0.3, 0.4) is 0 Å². The number of imidazole rings is 1. The molecule has 16 atom stereocenters. The second kappa shape index (κ2) is 23.8. The summed E-state index contributed by atoms with van der Waals surface area (Å²) in [5, 5.41) is 6.30. The third kappa shape index (κ3) is 10.1. The zero-order valence-corrected chi connectivity index (χ0v) is 53.7. The maximum atomic E-state index is 12.0. The van der Waals surface area contributed by atoms with Gasteiger partial charge in [-0.3, -0.25) is 19.6 Å². The van der Waals surface area contributed by atoms with Crippen LogP contribution in [0.2, 0.25) is 0 Å². The van der Waals surface area contributed by atoms with Crippen LogP contribution in [0.5, 0.6) is 0 Å². The maximum Gasteiger partial charge on any atom is 0.331 e. The average molecular weight is 1240 g/mol. The number of nitrogens with zero attached hydrogens (tertiary/aromatic N) is 6. The van der Waals surface area contributed by atoms with Crippen molar-refractivity contribution in [1.82, 2.24) is 34.5 Å². The van der Waals surface area contributed by atoms with Crippen molar-refractivity contribution in [2.45, 2.75) is 272 Å². The van der Waals surface area contributed by atoms with Crippen molar-refractivity contribution < 1.29 is 38.1 Å². The Morgan fingerprint density at radius 2 is 0.929 bits per heavy atom. The number of rotatable bonds is 9. The van der Waals surface area contributed by atoms with Crippen LogP contribution in [0.4, 0.5) is 0 Å². The van der Waals surface area contributed by atoms with Gasteiger partial charge in [0.15, 0.2) is 22.4 Å². The van der Waals surface area contributed by atoms with Crippen LogP contribution in [0.25, 0.3) is 0 Å². The molecule has 18 rings (SSSR count). The fraction of sp³-hybridized carbons (Fsp3) is 0.773. The van der Waals surface area contributed by atoms with Crippen LogP contribution in [-0.4, -0.2) is 196 Å². The highest BCUT2D eigenvalue weighted by Gasteiger charge is 2.68. The molecule has 0 radical (unpaired) electrons. The highest BCUT2D eigenvalue weighted by atomic mass is 35.5.